The summed E-state index contributed by atoms with van der Waals surface area (Å²) in [6, 6.07) is 8.70. The van der Waals surface area contributed by atoms with Crippen LogP contribution < -0.4 is 4.90 Å². The minimum absolute atomic E-state index is 0.587. The molecular weight excluding hydrogens is 186 g/mol. The van der Waals surface area contributed by atoms with Crippen molar-refractivity contribution in [3.8, 4) is 0 Å². The summed E-state index contributed by atoms with van der Waals surface area (Å²) in [5.41, 5.74) is 2.83. The molecular formula is C13H19NO. The lowest BCUT2D eigenvalue weighted by atomic mass is 10.0. The summed E-state index contributed by atoms with van der Waals surface area (Å²) in [7, 11) is 0. The van der Waals surface area contributed by atoms with Gasteiger partial charge in [-0.15, -0.1) is 0 Å². The average Bonchev–Trinajstić information content (AvgIpc) is 2.30. The predicted octanol–water partition coefficient (Wildman–Crippen LogP) is 2.65. The van der Waals surface area contributed by atoms with Crippen LogP contribution in [-0.4, -0.2) is 26.3 Å². The molecule has 0 amide bonds. The molecule has 2 nitrogen and oxygen atoms in total. The summed E-state index contributed by atoms with van der Waals surface area (Å²) in [4.78, 5) is 2.43. The van der Waals surface area contributed by atoms with Crippen molar-refractivity contribution in [3.05, 3.63) is 29.8 Å². The van der Waals surface area contributed by atoms with Gasteiger partial charge in [-0.1, -0.05) is 32.0 Å². The Morgan fingerprint density at radius 2 is 1.80 bits per heavy atom. The minimum Gasteiger partial charge on any atom is -0.378 e. The summed E-state index contributed by atoms with van der Waals surface area (Å²) in [6.45, 7) is 8.24. The molecule has 1 saturated heterocycles. The number of hydrogen-bond donors (Lipinski definition) is 0. The summed E-state index contributed by atoms with van der Waals surface area (Å²) < 4.78 is 5.38. The third kappa shape index (κ3) is 2.32. The average molecular weight is 205 g/mol. The van der Waals surface area contributed by atoms with Crippen molar-refractivity contribution in [2.24, 2.45) is 0 Å². The molecule has 1 aliphatic rings. The Kier molecular flexibility index (Phi) is 3.27. The first kappa shape index (κ1) is 10.5. The van der Waals surface area contributed by atoms with Gasteiger partial charge in [0.1, 0.15) is 0 Å². The first-order valence-electron chi connectivity index (χ1n) is 5.70. The maximum atomic E-state index is 5.38. The van der Waals surface area contributed by atoms with Crippen molar-refractivity contribution in [2.75, 3.05) is 31.2 Å². The molecule has 1 aliphatic heterocycles. The number of nitrogens with zero attached hydrogens (tertiary/aromatic N) is 1. The highest BCUT2D eigenvalue weighted by Crippen LogP contribution is 2.27. The molecule has 1 fully saturated rings. The number of morpholine rings is 1. The molecule has 2 heteroatoms. The molecule has 0 saturated carbocycles. The molecule has 82 valence electrons. The fourth-order valence-electron chi connectivity index (χ4n) is 2.07. The van der Waals surface area contributed by atoms with Gasteiger partial charge in [-0.05, 0) is 17.5 Å². The maximum absolute atomic E-state index is 5.38. The largest absolute Gasteiger partial charge is 0.378 e. The lowest BCUT2D eigenvalue weighted by molar-refractivity contribution is 0.122. The van der Waals surface area contributed by atoms with E-state index in [-0.39, 0.29) is 0 Å². The Bertz CT molecular complexity index is 316. The van der Waals surface area contributed by atoms with Crippen molar-refractivity contribution in [2.45, 2.75) is 19.8 Å². The standard InChI is InChI=1S/C13H19NO/c1-11(2)12-5-3-4-6-13(12)14-7-9-15-10-8-14/h3-6,11H,7-10H2,1-2H3. The number of para-hydroxylation sites is 1. The normalized spacial score (nSPS) is 17.1. The van der Waals surface area contributed by atoms with Crippen LogP contribution in [0, 0.1) is 0 Å². The SMILES string of the molecule is CC(C)c1ccccc1N1CCOCC1. The molecule has 15 heavy (non-hydrogen) atoms. The van der Waals surface area contributed by atoms with E-state index in [1.807, 2.05) is 0 Å². The molecule has 0 aromatic heterocycles. The first-order chi connectivity index (χ1) is 7.29. The zero-order valence-electron chi connectivity index (χ0n) is 9.57. The molecule has 0 unspecified atom stereocenters. The summed E-state index contributed by atoms with van der Waals surface area (Å²) in [5.74, 6) is 0.587. The van der Waals surface area contributed by atoms with E-state index in [1.54, 1.807) is 0 Å². The van der Waals surface area contributed by atoms with E-state index in [4.69, 9.17) is 4.74 Å². The van der Waals surface area contributed by atoms with Crippen LogP contribution in [0.1, 0.15) is 25.3 Å². The van der Waals surface area contributed by atoms with Crippen LogP contribution in [-0.2, 0) is 4.74 Å². The quantitative estimate of drug-likeness (QED) is 0.736. The zero-order valence-corrected chi connectivity index (χ0v) is 9.57. The van der Waals surface area contributed by atoms with E-state index in [0.717, 1.165) is 26.3 Å². The monoisotopic (exact) mass is 205 g/mol. The van der Waals surface area contributed by atoms with E-state index >= 15 is 0 Å². The van der Waals surface area contributed by atoms with Crippen LogP contribution in [0.25, 0.3) is 0 Å². The Hall–Kier alpha value is -1.02. The Labute approximate surface area is 91.9 Å². The van der Waals surface area contributed by atoms with E-state index in [2.05, 4.69) is 43.0 Å². The molecule has 0 N–H and O–H groups in total. The van der Waals surface area contributed by atoms with Crippen molar-refractivity contribution in [3.63, 3.8) is 0 Å². The van der Waals surface area contributed by atoms with Gasteiger partial charge in [0.05, 0.1) is 13.2 Å². The van der Waals surface area contributed by atoms with Crippen LogP contribution in [0.2, 0.25) is 0 Å². The number of ether oxygens (including phenoxy) is 1. The van der Waals surface area contributed by atoms with Gasteiger partial charge < -0.3 is 9.64 Å². The fraction of sp³-hybridized carbons (Fsp3) is 0.538. The van der Waals surface area contributed by atoms with Gasteiger partial charge in [0.2, 0.25) is 0 Å². The maximum Gasteiger partial charge on any atom is 0.0642 e. The molecule has 1 aromatic rings. The highest BCUT2D eigenvalue weighted by atomic mass is 16.5. The van der Waals surface area contributed by atoms with Gasteiger partial charge in [0.15, 0.2) is 0 Å². The minimum atomic E-state index is 0.587. The van der Waals surface area contributed by atoms with Gasteiger partial charge in [0, 0.05) is 18.8 Å². The summed E-state index contributed by atoms with van der Waals surface area (Å²) >= 11 is 0. The van der Waals surface area contributed by atoms with Crippen molar-refractivity contribution < 1.29 is 4.74 Å². The molecule has 1 heterocycles. The van der Waals surface area contributed by atoms with Gasteiger partial charge in [0.25, 0.3) is 0 Å². The predicted molar refractivity (Wildman–Crippen MR) is 63.6 cm³/mol. The van der Waals surface area contributed by atoms with E-state index in [1.165, 1.54) is 11.3 Å². The third-order valence-corrected chi connectivity index (χ3v) is 2.91. The van der Waals surface area contributed by atoms with Crippen LogP contribution in [0.3, 0.4) is 0 Å². The van der Waals surface area contributed by atoms with Crippen molar-refractivity contribution in [1.29, 1.82) is 0 Å². The van der Waals surface area contributed by atoms with Gasteiger partial charge in [-0.3, -0.25) is 0 Å². The van der Waals surface area contributed by atoms with E-state index in [0.29, 0.717) is 5.92 Å². The summed E-state index contributed by atoms with van der Waals surface area (Å²) in [5, 5.41) is 0. The number of anilines is 1. The molecule has 2 rings (SSSR count). The van der Waals surface area contributed by atoms with Crippen LogP contribution in [0.15, 0.2) is 24.3 Å². The third-order valence-electron chi connectivity index (χ3n) is 2.91. The Morgan fingerprint density at radius 3 is 2.47 bits per heavy atom. The topological polar surface area (TPSA) is 12.5 Å². The molecule has 0 radical (unpaired) electrons. The molecule has 0 aliphatic carbocycles. The Morgan fingerprint density at radius 1 is 1.13 bits per heavy atom. The first-order valence-corrected chi connectivity index (χ1v) is 5.70. The zero-order chi connectivity index (χ0) is 10.7. The van der Waals surface area contributed by atoms with Crippen molar-refractivity contribution in [1.82, 2.24) is 0 Å². The highest BCUT2D eigenvalue weighted by Gasteiger charge is 2.15. The van der Waals surface area contributed by atoms with E-state index < -0.39 is 0 Å². The Balaban J connectivity index is 2.25. The molecule has 0 atom stereocenters. The number of benzene rings is 1. The molecule has 1 aromatic carbocycles. The lowest BCUT2D eigenvalue weighted by Crippen LogP contribution is -2.36. The second-order valence-corrected chi connectivity index (χ2v) is 4.31. The molecule has 0 spiro atoms. The number of rotatable bonds is 2. The van der Waals surface area contributed by atoms with Gasteiger partial charge in [-0.25, -0.2) is 0 Å². The molecule has 0 bridgehead atoms. The smallest absolute Gasteiger partial charge is 0.0642 e. The van der Waals surface area contributed by atoms with Gasteiger partial charge in [-0.2, -0.15) is 0 Å². The van der Waals surface area contributed by atoms with E-state index in [9.17, 15) is 0 Å². The van der Waals surface area contributed by atoms with Crippen LogP contribution in [0.5, 0.6) is 0 Å². The fourth-order valence-corrected chi connectivity index (χ4v) is 2.07. The lowest BCUT2D eigenvalue weighted by Gasteiger charge is -2.31. The highest BCUT2D eigenvalue weighted by molar-refractivity contribution is 5.55. The van der Waals surface area contributed by atoms with Crippen LogP contribution in [0.4, 0.5) is 5.69 Å². The second-order valence-electron chi connectivity index (χ2n) is 4.31. The summed E-state index contributed by atoms with van der Waals surface area (Å²) in [6.07, 6.45) is 0. The van der Waals surface area contributed by atoms with Gasteiger partial charge >= 0.3 is 0 Å². The van der Waals surface area contributed by atoms with Crippen molar-refractivity contribution >= 4 is 5.69 Å². The number of hydrogen-bond acceptors (Lipinski definition) is 2. The second kappa shape index (κ2) is 4.67. The van der Waals surface area contributed by atoms with Crippen LogP contribution >= 0.6 is 0 Å².